The SMILES string of the molecule is COc1ccc2c(c1)[nH]c1c(C)c(OCc3ccccc3)ccc12.COc1ccc2c(c1)[nH]c1c(C)c(OS(=O)(=O)c3cccc4c(N(C)C)cccc34)ccc12.COc1ccc2c(c1)[nH]c1cc(OCc3ccccc3)c(C)cc12.COc1ccc2c(c1)[nH]c1cc(OS(=O)(=O)c3cccc4c(N(C)C)cccc34)c(C)cc12. The van der Waals surface area contributed by atoms with E-state index in [1.165, 1.54) is 32.7 Å². The van der Waals surface area contributed by atoms with Crippen molar-refractivity contribution in [2.45, 2.75) is 50.7 Å². The van der Waals surface area contributed by atoms with E-state index in [9.17, 15) is 16.8 Å². The first-order valence-corrected chi connectivity index (χ1v) is 39.9. The van der Waals surface area contributed by atoms with E-state index in [-0.39, 0.29) is 9.79 Å². The fourth-order valence-corrected chi connectivity index (χ4v) is 17.1. The Bertz CT molecular complexity index is 6730. The van der Waals surface area contributed by atoms with Gasteiger partial charge in [0.2, 0.25) is 0 Å². The molecule has 0 aliphatic carbocycles. The predicted octanol–water partition coefficient (Wildman–Crippen LogP) is 21.7. The number of hydrogen-bond acceptors (Lipinski definition) is 14. The Morgan fingerprint density at radius 3 is 1.04 bits per heavy atom. The average molecular weight is 1560 g/mol. The van der Waals surface area contributed by atoms with Gasteiger partial charge in [0.15, 0.2) is 0 Å². The van der Waals surface area contributed by atoms with Gasteiger partial charge in [-0.1, -0.05) is 109 Å². The van der Waals surface area contributed by atoms with E-state index < -0.39 is 20.2 Å². The van der Waals surface area contributed by atoms with Crippen LogP contribution in [0.15, 0.2) is 265 Å². The molecular formula is C94H86N6O12S2. The van der Waals surface area contributed by atoms with E-state index in [0.29, 0.717) is 35.5 Å². The minimum atomic E-state index is -4.07. The maximum absolute atomic E-state index is 13.4. The van der Waals surface area contributed by atoms with Gasteiger partial charge in [-0.15, -0.1) is 0 Å². The van der Waals surface area contributed by atoms with E-state index in [4.69, 9.17) is 36.8 Å². The summed E-state index contributed by atoms with van der Waals surface area (Å²) in [6.45, 7) is 9.02. The molecule has 4 N–H and O–H groups in total. The Morgan fingerprint density at radius 1 is 0.289 bits per heavy atom. The molecule has 14 aromatic carbocycles. The van der Waals surface area contributed by atoms with E-state index in [2.05, 4.69) is 94.4 Å². The zero-order valence-electron chi connectivity index (χ0n) is 65.3. The van der Waals surface area contributed by atoms with Crippen molar-refractivity contribution in [3.05, 3.63) is 288 Å². The van der Waals surface area contributed by atoms with Crippen molar-refractivity contribution in [3.8, 4) is 46.0 Å². The van der Waals surface area contributed by atoms with Crippen LogP contribution in [0.25, 0.3) is 109 Å². The number of nitrogens with zero attached hydrogens (tertiary/aromatic N) is 2. The van der Waals surface area contributed by atoms with Crippen LogP contribution in [0.2, 0.25) is 0 Å². The van der Waals surface area contributed by atoms with Gasteiger partial charge in [0.1, 0.15) is 69.0 Å². The van der Waals surface area contributed by atoms with Crippen LogP contribution < -0.4 is 46.6 Å². The molecule has 0 aliphatic heterocycles. The van der Waals surface area contributed by atoms with Crippen molar-refractivity contribution in [2.75, 3.05) is 66.4 Å². The fraction of sp³-hybridized carbons (Fsp3) is 0.149. The summed E-state index contributed by atoms with van der Waals surface area (Å²) in [6.07, 6.45) is 0. The van der Waals surface area contributed by atoms with Gasteiger partial charge in [0, 0.05) is 152 Å². The number of H-pyrrole nitrogens is 4. The molecule has 576 valence electrons. The van der Waals surface area contributed by atoms with E-state index in [1.807, 2.05) is 197 Å². The molecule has 0 aliphatic rings. The number of benzene rings is 14. The topological polar surface area (TPSA) is 212 Å². The molecule has 0 saturated carbocycles. The molecule has 0 bridgehead atoms. The monoisotopic (exact) mass is 1550 g/mol. The zero-order valence-corrected chi connectivity index (χ0v) is 66.9. The van der Waals surface area contributed by atoms with Crippen molar-refractivity contribution < 1.29 is 53.6 Å². The van der Waals surface area contributed by atoms with Gasteiger partial charge in [0.25, 0.3) is 0 Å². The molecule has 18 rings (SSSR count). The molecule has 20 heteroatoms. The summed E-state index contributed by atoms with van der Waals surface area (Å²) in [5, 5.41) is 11.8. The molecule has 0 unspecified atom stereocenters. The van der Waals surface area contributed by atoms with Crippen molar-refractivity contribution in [2.24, 2.45) is 0 Å². The molecule has 0 spiro atoms. The Kier molecular flexibility index (Phi) is 21.2. The number of anilines is 2. The van der Waals surface area contributed by atoms with Crippen LogP contribution in [0.4, 0.5) is 11.4 Å². The summed E-state index contributed by atoms with van der Waals surface area (Å²) in [5.41, 5.74) is 15.7. The number of hydrogen-bond donors (Lipinski definition) is 4. The number of aromatic nitrogens is 4. The molecule has 0 saturated heterocycles. The summed E-state index contributed by atoms with van der Waals surface area (Å²) in [4.78, 5) is 17.9. The average Bonchev–Trinajstić information content (AvgIpc) is 1.40. The Labute approximate surface area is 661 Å². The third-order valence-electron chi connectivity index (χ3n) is 20.7. The first-order chi connectivity index (χ1) is 55.1. The second-order valence-electron chi connectivity index (χ2n) is 28.4. The first-order valence-electron chi connectivity index (χ1n) is 37.1. The van der Waals surface area contributed by atoms with Gasteiger partial charge in [-0.3, -0.25) is 0 Å². The Hall–Kier alpha value is -13.3. The van der Waals surface area contributed by atoms with Gasteiger partial charge in [-0.25, -0.2) is 0 Å². The molecule has 18 nitrogen and oxygen atoms in total. The highest BCUT2D eigenvalue weighted by Gasteiger charge is 2.26. The highest BCUT2D eigenvalue weighted by Crippen LogP contribution is 2.41. The zero-order chi connectivity index (χ0) is 79.7. The first kappa shape index (κ1) is 76.1. The number of fused-ring (bicyclic) bond motifs is 14. The van der Waals surface area contributed by atoms with Gasteiger partial charge in [-0.2, -0.15) is 16.8 Å². The summed E-state index contributed by atoms with van der Waals surface area (Å²) >= 11 is 0. The summed E-state index contributed by atoms with van der Waals surface area (Å²) < 4.78 is 98.2. The summed E-state index contributed by atoms with van der Waals surface area (Å²) in [6, 6.07) is 81.7. The lowest BCUT2D eigenvalue weighted by atomic mass is 10.1. The minimum absolute atomic E-state index is 0.143. The number of aryl methyl sites for hydroxylation is 4. The number of methoxy groups -OCH3 is 4. The van der Waals surface area contributed by atoms with Crippen molar-refractivity contribution in [1.29, 1.82) is 0 Å². The van der Waals surface area contributed by atoms with Crippen molar-refractivity contribution in [3.63, 3.8) is 0 Å². The van der Waals surface area contributed by atoms with Gasteiger partial charge < -0.3 is 66.5 Å². The second kappa shape index (κ2) is 31.8. The standard InChI is InChI=1S/2C26H24N2O4S.2C21H19NO2/c1-16-13-21-18-12-11-17(31-4)14-22(18)27-23(21)15-25(16)32-33(29,30)26-10-6-7-19-20(26)8-5-9-24(19)28(2)3;1-16-24(14-13-21-18-12-11-17(31-4)15-22(18)27-26(16)21)32-33(29,30)25-10-6-7-19-20(25)8-5-9-23(19)28(2)3;1-14-10-18-17-9-8-16(23-2)11-19(17)22-20(18)12-21(14)24-13-15-6-4-3-5-7-15;1-14-20(24-13-15-6-4-3-5-7-15)11-10-18-17-9-8-16(23-2)12-19(17)22-21(14)18/h2*5-15,27H,1-4H3;2*3-12,22H,13H2,1-2H3. The number of ether oxygens (including phenoxy) is 6. The molecule has 0 amide bonds. The third kappa shape index (κ3) is 15.2. The maximum atomic E-state index is 13.4. The highest BCUT2D eigenvalue weighted by molar-refractivity contribution is 7.87. The predicted molar refractivity (Wildman–Crippen MR) is 462 cm³/mol. The normalized spacial score (nSPS) is 11.5. The Morgan fingerprint density at radius 2 is 0.623 bits per heavy atom. The molecule has 0 radical (unpaired) electrons. The lowest BCUT2D eigenvalue weighted by Crippen LogP contribution is -2.12. The van der Waals surface area contributed by atoms with Crippen molar-refractivity contribution >= 4 is 140 Å². The quantitative estimate of drug-likeness (QED) is 0.0589. The summed E-state index contributed by atoms with van der Waals surface area (Å²) in [5.74, 6) is 5.61. The van der Waals surface area contributed by atoms with Crippen molar-refractivity contribution in [1.82, 2.24) is 19.9 Å². The molecule has 4 aromatic heterocycles. The van der Waals surface area contributed by atoms with Crippen LogP contribution in [0, 0.1) is 27.7 Å². The lowest BCUT2D eigenvalue weighted by molar-refractivity contribution is 0.304. The molecule has 0 atom stereocenters. The van der Waals surface area contributed by atoms with Crippen LogP contribution in [-0.4, -0.2) is 93.4 Å². The van der Waals surface area contributed by atoms with Crippen LogP contribution in [0.3, 0.4) is 0 Å². The van der Waals surface area contributed by atoms with Crippen LogP contribution >= 0.6 is 0 Å². The van der Waals surface area contributed by atoms with E-state index in [1.54, 1.807) is 77.0 Å². The largest absolute Gasteiger partial charge is 0.497 e. The van der Waals surface area contributed by atoms with E-state index >= 15 is 0 Å². The lowest BCUT2D eigenvalue weighted by Gasteiger charge is -2.17. The molecule has 4 heterocycles. The van der Waals surface area contributed by atoms with Crippen LogP contribution in [0.1, 0.15) is 33.4 Å². The molecule has 114 heavy (non-hydrogen) atoms. The second-order valence-corrected chi connectivity index (χ2v) is 31.4. The third-order valence-corrected chi connectivity index (χ3v) is 23.3. The fourth-order valence-electron chi connectivity index (χ4n) is 14.7. The van der Waals surface area contributed by atoms with E-state index in [0.717, 1.165) is 145 Å². The number of rotatable bonds is 18. The highest BCUT2D eigenvalue weighted by atomic mass is 32.2. The summed E-state index contributed by atoms with van der Waals surface area (Å²) in [7, 11) is 6.21. The Balaban J connectivity index is 0.000000121. The number of nitrogens with one attached hydrogen (secondary N) is 4. The molecule has 0 fully saturated rings. The number of aromatic amines is 4. The molecule has 18 aromatic rings. The minimum Gasteiger partial charge on any atom is -0.497 e. The molecular weight excluding hydrogens is 1470 g/mol. The van der Waals surface area contributed by atoms with Gasteiger partial charge in [0.05, 0.1) is 72.6 Å². The van der Waals surface area contributed by atoms with Crippen LogP contribution in [-0.2, 0) is 33.5 Å². The maximum Gasteiger partial charge on any atom is 0.339 e. The smallest absolute Gasteiger partial charge is 0.339 e. The van der Waals surface area contributed by atoms with Gasteiger partial charge >= 0.3 is 20.2 Å². The van der Waals surface area contributed by atoms with Crippen LogP contribution in [0.5, 0.6) is 46.0 Å². The van der Waals surface area contributed by atoms with Gasteiger partial charge in [-0.05, 0) is 159 Å².